The van der Waals surface area contributed by atoms with Crippen molar-refractivity contribution in [2.45, 2.75) is 33.5 Å². The third-order valence-electron chi connectivity index (χ3n) is 4.26. The minimum Gasteiger partial charge on any atom is -0.325 e. The molecule has 27 heavy (non-hydrogen) atoms. The number of fused-ring (bicyclic) bond motifs is 1. The highest BCUT2D eigenvalue weighted by molar-refractivity contribution is 7.18. The van der Waals surface area contributed by atoms with Gasteiger partial charge in [0.1, 0.15) is 17.2 Å². The highest BCUT2D eigenvalue weighted by atomic mass is 32.1. The van der Waals surface area contributed by atoms with Gasteiger partial charge in [0.15, 0.2) is 0 Å². The van der Waals surface area contributed by atoms with Crippen molar-refractivity contribution in [3.63, 3.8) is 0 Å². The van der Waals surface area contributed by atoms with E-state index in [0.717, 1.165) is 22.6 Å². The van der Waals surface area contributed by atoms with E-state index in [-0.39, 0.29) is 17.8 Å². The fourth-order valence-electron chi connectivity index (χ4n) is 2.73. The number of benzene rings is 1. The van der Waals surface area contributed by atoms with E-state index in [4.69, 9.17) is 0 Å². The molecule has 0 bridgehead atoms. The largest absolute Gasteiger partial charge is 0.416 e. The van der Waals surface area contributed by atoms with Crippen LogP contribution in [-0.4, -0.2) is 15.5 Å². The molecule has 0 aliphatic carbocycles. The molecule has 5 nitrogen and oxygen atoms in total. The number of aryl methyl sites for hydroxylation is 3. The second-order valence-corrected chi connectivity index (χ2v) is 7.34. The Bertz CT molecular complexity index is 1100. The van der Waals surface area contributed by atoms with Gasteiger partial charge in [-0.05, 0) is 44.5 Å². The Hall–Kier alpha value is -2.68. The standard InChI is InChI=1S/C18H16F3N3O2S/c1-9-10(2)27-16-15(9)17(26)24(11(3)22-16)8-14(25)23-13-6-4-5-12(7-13)18(19,20)21/h4-7H,8H2,1-3H3,(H,23,25). The summed E-state index contributed by atoms with van der Waals surface area (Å²) in [6.45, 7) is 4.99. The number of hydrogen-bond acceptors (Lipinski definition) is 4. The van der Waals surface area contributed by atoms with Crippen LogP contribution in [0.1, 0.15) is 21.8 Å². The van der Waals surface area contributed by atoms with Crippen LogP contribution in [-0.2, 0) is 17.5 Å². The monoisotopic (exact) mass is 395 g/mol. The molecule has 0 spiro atoms. The SMILES string of the molecule is Cc1sc2nc(C)n(CC(=O)Nc3cccc(C(F)(F)F)c3)c(=O)c2c1C. The van der Waals surface area contributed by atoms with Gasteiger partial charge in [-0.1, -0.05) is 6.07 Å². The maximum Gasteiger partial charge on any atom is 0.416 e. The minimum atomic E-state index is -4.50. The Labute approximate surface area is 156 Å². The van der Waals surface area contributed by atoms with E-state index in [1.807, 2.05) is 13.8 Å². The zero-order chi connectivity index (χ0) is 19.9. The van der Waals surface area contributed by atoms with E-state index >= 15 is 0 Å². The number of rotatable bonds is 3. The van der Waals surface area contributed by atoms with Crippen LogP contribution >= 0.6 is 11.3 Å². The number of nitrogens with zero attached hydrogens (tertiary/aromatic N) is 2. The zero-order valence-corrected chi connectivity index (χ0v) is 15.6. The van der Waals surface area contributed by atoms with Gasteiger partial charge in [-0.2, -0.15) is 13.2 Å². The van der Waals surface area contributed by atoms with Gasteiger partial charge in [0.25, 0.3) is 5.56 Å². The Kier molecular flexibility index (Phi) is 4.81. The van der Waals surface area contributed by atoms with Crippen LogP contribution in [0.25, 0.3) is 10.2 Å². The molecule has 1 aromatic carbocycles. The second-order valence-electron chi connectivity index (χ2n) is 6.14. The lowest BCUT2D eigenvalue weighted by molar-refractivity contribution is -0.137. The maximum atomic E-state index is 12.8. The van der Waals surface area contributed by atoms with Crippen molar-refractivity contribution in [3.8, 4) is 0 Å². The first-order valence-corrected chi connectivity index (χ1v) is 8.84. The third-order valence-corrected chi connectivity index (χ3v) is 5.36. The van der Waals surface area contributed by atoms with E-state index < -0.39 is 17.6 Å². The van der Waals surface area contributed by atoms with Gasteiger partial charge in [0.2, 0.25) is 5.91 Å². The lowest BCUT2D eigenvalue weighted by Gasteiger charge is -2.12. The summed E-state index contributed by atoms with van der Waals surface area (Å²) >= 11 is 1.41. The van der Waals surface area contributed by atoms with Crippen molar-refractivity contribution in [1.29, 1.82) is 0 Å². The zero-order valence-electron chi connectivity index (χ0n) is 14.8. The predicted molar refractivity (Wildman–Crippen MR) is 98.2 cm³/mol. The highest BCUT2D eigenvalue weighted by Gasteiger charge is 2.30. The summed E-state index contributed by atoms with van der Waals surface area (Å²) in [5.41, 5.74) is -0.365. The highest BCUT2D eigenvalue weighted by Crippen LogP contribution is 2.30. The van der Waals surface area contributed by atoms with E-state index in [0.29, 0.717) is 16.0 Å². The number of aromatic nitrogens is 2. The van der Waals surface area contributed by atoms with Crippen molar-refractivity contribution in [3.05, 3.63) is 56.4 Å². The number of carbonyl (C=O) groups is 1. The number of nitrogens with one attached hydrogen (secondary N) is 1. The number of carbonyl (C=O) groups excluding carboxylic acids is 1. The van der Waals surface area contributed by atoms with Crippen LogP contribution in [0, 0.1) is 20.8 Å². The van der Waals surface area contributed by atoms with Crippen molar-refractivity contribution in [1.82, 2.24) is 9.55 Å². The summed E-state index contributed by atoms with van der Waals surface area (Å²) in [4.78, 5) is 31.0. The number of amides is 1. The van der Waals surface area contributed by atoms with E-state index in [1.165, 1.54) is 28.0 Å². The lowest BCUT2D eigenvalue weighted by atomic mass is 10.2. The minimum absolute atomic E-state index is 0.0112. The average Bonchev–Trinajstić information content (AvgIpc) is 2.85. The summed E-state index contributed by atoms with van der Waals surface area (Å²) in [7, 11) is 0. The molecule has 3 aromatic rings. The van der Waals surface area contributed by atoms with Crippen molar-refractivity contribution >= 4 is 33.1 Å². The first kappa shape index (κ1) is 19.1. The Morgan fingerprint density at radius 1 is 1.26 bits per heavy atom. The van der Waals surface area contributed by atoms with Gasteiger partial charge in [-0.25, -0.2) is 4.98 Å². The predicted octanol–water partition coefficient (Wildman–Crippen LogP) is 4.04. The number of alkyl halides is 3. The molecule has 1 N–H and O–H groups in total. The van der Waals surface area contributed by atoms with Crippen molar-refractivity contribution < 1.29 is 18.0 Å². The molecule has 0 fully saturated rings. The topological polar surface area (TPSA) is 64.0 Å². The summed E-state index contributed by atoms with van der Waals surface area (Å²) in [5.74, 6) is -0.238. The molecule has 0 aliphatic heterocycles. The van der Waals surface area contributed by atoms with Crippen molar-refractivity contribution in [2.24, 2.45) is 0 Å². The molecule has 0 atom stereocenters. The fraction of sp³-hybridized carbons (Fsp3) is 0.278. The van der Waals surface area contributed by atoms with Gasteiger partial charge < -0.3 is 5.32 Å². The molecule has 0 radical (unpaired) electrons. The first-order valence-electron chi connectivity index (χ1n) is 8.02. The van der Waals surface area contributed by atoms with E-state index in [1.54, 1.807) is 6.92 Å². The Morgan fingerprint density at radius 2 is 1.96 bits per heavy atom. The molecule has 2 aromatic heterocycles. The maximum absolute atomic E-state index is 12.8. The molecule has 3 rings (SSSR count). The number of anilines is 1. The molecular formula is C18H16F3N3O2S. The average molecular weight is 395 g/mol. The Morgan fingerprint density at radius 3 is 2.63 bits per heavy atom. The summed E-state index contributed by atoms with van der Waals surface area (Å²) < 4.78 is 39.6. The summed E-state index contributed by atoms with van der Waals surface area (Å²) in [6, 6.07) is 4.34. The molecule has 0 saturated carbocycles. The summed E-state index contributed by atoms with van der Waals surface area (Å²) in [6.07, 6.45) is -4.50. The molecule has 2 heterocycles. The molecule has 0 saturated heterocycles. The van der Waals surface area contributed by atoms with Crippen LogP contribution in [0.2, 0.25) is 0 Å². The van der Waals surface area contributed by atoms with Gasteiger partial charge in [-0.15, -0.1) is 11.3 Å². The van der Waals surface area contributed by atoms with Crippen LogP contribution < -0.4 is 10.9 Å². The number of thiophene rings is 1. The smallest absolute Gasteiger partial charge is 0.325 e. The van der Waals surface area contributed by atoms with Crippen LogP contribution in [0.4, 0.5) is 18.9 Å². The molecular weight excluding hydrogens is 379 g/mol. The number of halogens is 3. The first-order chi connectivity index (χ1) is 12.6. The quantitative estimate of drug-likeness (QED) is 0.728. The molecule has 9 heteroatoms. The van der Waals surface area contributed by atoms with Crippen LogP contribution in [0.3, 0.4) is 0 Å². The molecule has 0 aliphatic rings. The lowest BCUT2D eigenvalue weighted by Crippen LogP contribution is -2.30. The summed E-state index contributed by atoms with van der Waals surface area (Å²) in [5, 5.41) is 2.87. The fourth-order valence-corrected chi connectivity index (χ4v) is 3.80. The van der Waals surface area contributed by atoms with Crippen molar-refractivity contribution in [2.75, 3.05) is 5.32 Å². The third kappa shape index (κ3) is 3.73. The second kappa shape index (κ2) is 6.80. The van der Waals surface area contributed by atoms with E-state index in [9.17, 15) is 22.8 Å². The van der Waals surface area contributed by atoms with Crippen LogP contribution in [0.15, 0.2) is 29.1 Å². The molecule has 1 amide bonds. The normalized spacial score (nSPS) is 11.8. The van der Waals surface area contributed by atoms with Crippen LogP contribution in [0.5, 0.6) is 0 Å². The van der Waals surface area contributed by atoms with Gasteiger partial charge >= 0.3 is 6.18 Å². The van der Waals surface area contributed by atoms with Gasteiger partial charge in [0.05, 0.1) is 10.9 Å². The van der Waals surface area contributed by atoms with Gasteiger partial charge in [-0.3, -0.25) is 14.2 Å². The number of hydrogen-bond donors (Lipinski definition) is 1. The van der Waals surface area contributed by atoms with E-state index in [2.05, 4.69) is 10.3 Å². The molecule has 0 unspecified atom stereocenters. The molecule has 142 valence electrons. The van der Waals surface area contributed by atoms with Gasteiger partial charge in [0, 0.05) is 10.6 Å². The Balaban J connectivity index is 1.89.